The second-order valence-corrected chi connectivity index (χ2v) is 3.84. The van der Waals surface area contributed by atoms with Gasteiger partial charge in [0.05, 0.1) is 16.3 Å². The molecule has 86 valence electrons. The number of carbonyl (C=O) groups excluding carboxylic acids is 1. The number of hydrogen-bond donors (Lipinski definition) is 1. The fourth-order valence-corrected chi connectivity index (χ4v) is 1.65. The Kier molecular flexibility index (Phi) is 3.42. The second kappa shape index (κ2) is 4.99. The number of benzene rings is 2. The Bertz CT molecular complexity index is 528. The van der Waals surface area contributed by atoms with E-state index in [-0.39, 0.29) is 5.56 Å². The first-order valence-corrected chi connectivity index (χ1v) is 5.41. The van der Waals surface area contributed by atoms with Gasteiger partial charge in [-0.1, -0.05) is 41.9 Å². The zero-order valence-corrected chi connectivity index (χ0v) is 9.63. The van der Waals surface area contributed by atoms with E-state index < -0.39 is 5.91 Å². The largest absolute Gasteiger partial charge is 0.283 e. The van der Waals surface area contributed by atoms with Crippen LogP contribution in [0.3, 0.4) is 0 Å². The lowest BCUT2D eigenvalue weighted by molar-refractivity contribution is 0.0855. The first-order chi connectivity index (χ1) is 8.20. The highest BCUT2D eigenvalue weighted by molar-refractivity contribution is 6.34. The summed E-state index contributed by atoms with van der Waals surface area (Å²) in [4.78, 5) is 12.0. The summed E-state index contributed by atoms with van der Waals surface area (Å²) >= 11 is 5.89. The van der Waals surface area contributed by atoms with Crippen molar-refractivity contribution in [3.8, 4) is 0 Å². The average molecular weight is 248 g/mol. The average Bonchev–Trinajstić information content (AvgIpc) is 2.39. The van der Waals surface area contributed by atoms with Crippen LogP contribution in [0, 0.1) is 0 Å². The van der Waals surface area contributed by atoms with Gasteiger partial charge in [0.25, 0.3) is 5.91 Å². The molecule has 0 heterocycles. The Balaban J connectivity index is 2.30. The molecule has 2 rings (SSSR count). The third-order valence-electron chi connectivity index (χ3n) is 2.30. The first-order valence-electron chi connectivity index (χ1n) is 5.03. The molecule has 0 saturated heterocycles. The van der Waals surface area contributed by atoms with E-state index in [4.69, 9.17) is 11.6 Å². The van der Waals surface area contributed by atoms with Crippen molar-refractivity contribution in [3.63, 3.8) is 0 Å². The van der Waals surface area contributed by atoms with Gasteiger partial charge >= 0.3 is 0 Å². The van der Waals surface area contributed by atoms with Crippen molar-refractivity contribution in [2.45, 2.75) is 0 Å². The monoisotopic (exact) mass is 247 g/mol. The summed E-state index contributed by atoms with van der Waals surface area (Å²) < 4.78 is 0. The minimum absolute atomic E-state index is 0.264. The van der Waals surface area contributed by atoms with Crippen LogP contribution in [0.25, 0.3) is 0 Å². The maximum absolute atomic E-state index is 12.0. The molecular weight excluding hydrogens is 238 g/mol. The molecule has 0 radical (unpaired) electrons. The predicted molar refractivity (Wildman–Crippen MR) is 66.5 cm³/mol. The van der Waals surface area contributed by atoms with Gasteiger partial charge in [-0.05, 0) is 24.3 Å². The predicted octanol–water partition coefficient (Wildman–Crippen LogP) is 3.38. The van der Waals surface area contributed by atoms with Gasteiger partial charge < -0.3 is 0 Å². The summed E-state index contributed by atoms with van der Waals surface area (Å²) in [5.74, 6) is -0.554. The van der Waals surface area contributed by atoms with Gasteiger partial charge in [0.2, 0.25) is 0 Å². The molecule has 0 fully saturated rings. The number of hydrogen-bond acceptors (Lipinski definition) is 2. The molecule has 0 saturated carbocycles. The standard InChI is InChI=1S/C13H10ClNO2/c14-12-9-5-4-8-11(12)13(16)15(17)10-6-2-1-3-7-10/h1-9,17H. The van der Waals surface area contributed by atoms with Crippen LogP contribution in [0.5, 0.6) is 0 Å². The molecule has 0 spiro atoms. The highest BCUT2D eigenvalue weighted by Crippen LogP contribution is 2.20. The number of rotatable bonds is 2. The van der Waals surface area contributed by atoms with Crippen molar-refractivity contribution < 1.29 is 10.0 Å². The van der Waals surface area contributed by atoms with E-state index >= 15 is 0 Å². The summed E-state index contributed by atoms with van der Waals surface area (Å²) in [6.45, 7) is 0. The summed E-state index contributed by atoms with van der Waals surface area (Å²) in [5, 5.41) is 10.7. The second-order valence-electron chi connectivity index (χ2n) is 3.43. The van der Waals surface area contributed by atoms with Gasteiger partial charge in [-0.25, -0.2) is 0 Å². The van der Waals surface area contributed by atoms with Gasteiger partial charge in [0.15, 0.2) is 0 Å². The van der Waals surface area contributed by atoms with E-state index in [1.165, 1.54) is 0 Å². The smallest absolute Gasteiger partial charge is 0.281 e. The van der Waals surface area contributed by atoms with Crippen molar-refractivity contribution in [1.29, 1.82) is 0 Å². The summed E-state index contributed by atoms with van der Waals surface area (Å²) in [6, 6.07) is 15.1. The zero-order chi connectivity index (χ0) is 12.3. The van der Waals surface area contributed by atoms with Crippen LogP contribution in [0.15, 0.2) is 54.6 Å². The quantitative estimate of drug-likeness (QED) is 0.653. The van der Waals surface area contributed by atoms with E-state index in [0.717, 1.165) is 0 Å². The number of anilines is 1. The van der Waals surface area contributed by atoms with E-state index in [9.17, 15) is 10.0 Å². The molecule has 0 aliphatic heterocycles. The van der Waals surface area contributed by atoms with Crippen molar-refractivity contribution in [1.82, 2.24) is 0 Å². The molecule has 17 heavy (non-hydrogen) atoms. The van der Waals surface area contributed by atoms with Crippen LogP contribution in [-0.4, -0.2) is 11.1 Å². The molecule has 0 atom stereocenters. The number of para-hydroxylation sites is 1. The van der Waals surface area contributed by atoms with Crippen molar-refractivity contribution in [3.05, 3.63) is 65.2 Å². The fourth-order valence-electron chi connectivity index (χ4n) is 1.44. The van der Waals surface area contributed by atoms with Crippen LogP contribution < -0.4 is 5.06 Å². The van der Waals surface area contributed by atoms with Crippen molar-refractivity contribution >= 4 is 23.2 Å². The molecule has 1 amide bonds. The van der Waals surface area contributed by atoms with Crippen molar-refractivity contribution in [2.75, 3.05) is 5.06 Å². The molecular formula is C13H10ClNO2. The van der Waals surface area contributed by atoms with Crippen LogP contribution in [0.2, 0.25) is 5.02 Å². The number of carbonyl (C=O) groups is 1. The maximum Gasteiger partial charge on any atom is 0.283 e. The van der Waals surface area contributed by atoms with E-state index in [2.05, 4.69) is 0 Å². The van der Waals surface area contributed by atoms with Gasteiger partial charge in [0, 0.05) is 0 Å². The lowest BCUT2D eigenvalue weighted by Gasteiger charge is -2.15. The van der Waals surface area contributed by atoms with E-state index in [0.29, 0.717) is 15.8 Å². The minimum Gasteiger partial charge on any atom is -0.281 e. The Morgan fingerprint density at radius 2 is 1.59 bits per heavy atom. The molecule has 3 nitrogen and oxygen atoms in total. The number of nitrogens with zero attached hydrogens (tertiary/aromatic N) is 1. The van der Waals surface area contributed by atoms with Crippen molar-refractivity contribution in [2.24, 2.45) is 0 Å². The topological polar surface area (TPSA) is 40.5 Å². The third kappa shape index (κ3) is 2.46. The molecule has 0 aliphatic carbocycles. The first kappa shape index (κ1) is 11.6. The summed E-state index contributed by atoms with van der Waals surface area (Å²) in [6.07, 6.45) is 0. The van der Waals surface area contributed by atoms with E-state index in [1.807, 2.05) is 0 Å². The molecule has 0 unspecified atom stereocenters. The summed E-state index contributed by atoms with van der Waals surface area (Å²) in [5.41, 5.74) is 0.665. The van der Waals surface area contributed by atoms with Crippen LogP contribution in [0.1, 0.15) is 10.4 Å². The third-order valence-corrected chi connectivity index (χ3v) is 2.63. The summed E-state index contributed by atoms with van der Waals surface area (Å²) in [7, 11) is 0. The minimum atomic E-state index is -0.554. The SMILES string of the molecule is O=C(c1ccccc1Cl)N(O)c1ccccc1. The van der Waals surface area contributed by atoms with Gasteiger partial charge in [-0.15, -0.1) is 0 Å². The Hall–Kier alpha value is -1.84. The fraction of sp³-hybridized carbons (Fsp3) is 0. The molecule has 1 N–H and O–H groups in total. The van der Waals surface area contributed by atoms with Gasteiger partial charge in [-0.3, -0.25) is 10.0 Å². The molecule has 0 aliphatic rings. The highest BCUT2D eigenvalue weighted by atomic mass is 35.5. The lowest BCUT2D eigenvalue weighted by atomic mass is 10.2. The Morgan fingerprint density at radius 1 is 1.00 bits per heavy atom. The number of halogens is 1. The van der Waals surface area contributed by atoms with E-state index in [1.54, 1.807) is 54.6 Å². The normalized spacial score (nSPS) is 10.0. The molecule has 2 aromatic carbocycles. The Labute approximate surface area is 104 Å². The molecule has 0 aromatic heterocycles. The van der Waals surface area contributed by atoms with Crippen LogP contribution >= 0.6 is 11.6 Å². The van der Waals surface area contributed by atoms with Gasteiger partial charge in [-0.2, -0.15) is 5.06 Å². The molecule has 0 bridgehead atoms. The lowest BCUT2D eigenvalue weighted by Crippen LogP contribution is -2.27. The number of amides is 1. The maximum atomic E-state index is 12.0. The zero-order valence-electron chi connectivity index (χ0n) is 8.88. The van der Waals surface area contributed by atoms with Crippen LogP contribution in [-0.2, 0) is 0 Å². The molecule has 2 aromatic rings. The van der Waals surface area contributed by atoms with Crippen LogP contribution in [0.4, 0.5) is 5.69 Å². The number of hydroxylamine groups is 1. The molecule has 4 heteroatoms. The van der Waals surface area contributed by atoms with Gasteiger partial charge in [0.1, 0.15) is 0 Å². The Morgan fingerprint density at radius 3 is 2.24 bits per heavy atom. The highest BCUT2D eigenvalue weighted by Gasteiger charge is 2.17.